The SMILES string of the molecule is COC(=O)c1c(F)c(F)c(-c2cc(N)n(C)n2)c(F)c1F. The van der Waals surface area contributed by atoms with Gasteiger partial charge in [-0.25, -0.2) is 22.4 Å². The molecule has 0 amide bonds. The molecular weight excluding hydrogens is 294 g/mol. The van der Waals surface area contributed by atoms with Gasteiger partial charge in [-0.2, -0.15) is 5.10 Å². The third kappa shape index (κ3) is 2.20. The van der Waals surface area contributed by atoms with Crippen LogP contribution in [0.15, 0.2) is 6.07 Å². The highest BCUT2D eigenvalue weighted by atomic mass is 19.2. The maximum absolute atomic E-state index is 13.9. The van der Waals surface area contributed by atoms with Crippen LogP contribution < -0.4 is 5.73 Å². The Labute approximate surface area is 115 Å². The second kappa shape index (κ2) is 5.08. The Balaban J connectivity index is 2.78. The van der Waals surface area contributed by atoms with Gasteiger partial charge in [-0.3, -0.25) is 4.68 Å². The van der Waals surface area contributed by atoms with Crippen LogP contribution in [0, 0.1) is 23.3 Å². The maximum Gasteiger partial charge on any atom is 0.344 e. The Morgan fingerprint density at radius 2 is 1.71 bits per heavy atom. The Morgan fingerprint density at radius 1 is 1.19 bits per heavy atom. The van der Waals surface area contributed by atoms with E-state index >= 15 is 0 Å². The number of aryl methyl sites for hydroxylation is 1. The zero-order valence-corrected chi connectivity index (χ0v) is 10.9. The van der Waals surface area contributed by atoms with Gasteiger partial charge in [0, 0.05) is 13.1 Å². The number of hydrogen-bond acceptors (Lipinski definition) is 4. The van der Waals surface area contributed by atoms with Gasteiger partial charge < -0.3 is 10.5 Å². The number of methoxy groups -OCH3 is 1. The fourth-order valence-corrected chi connectivity index (χ4v) is 1.74. The Morgan fingerprint density at radius 3 is 2.10 bits per heavy atom. The van der Waals surface area contributed by atoms with Crippen LogP contribution in [0.4, 0.5) is 23.4 Å². The Bertz CT molecular complexity index is 694. The summed E-state index contributed by atoms with van der Waals surface area (Å²) in [5.41, 5.74) is 2.55. The van der Waals surface area contributed by atoms with Crippen LogP contribution >= 0.6 is 0 Å². The molecule has 0 saturated carbocycles. The van der Waals surface area contributed by atoms with Crippen molar-refractivity contribution in [2.75, 3.05) is 12.8 Å². The number of benzene rings is 1. The second-order valence-electron chi connectivity index (χ2n) is 4.08. The lowest BCUT2D eigenvalue weighted by Gasteiger charge is -2.09. The smallest absolute Gasteiger partial charge is 0.344 e. The molecule has 21 heavy (non-hydrogen) atoms. The molecule has 0 aliphatic heterocycles. The van der Waals surface area contributed by atoms with Gasteiger partial charge in [0.05, 0.1) is 12.7 Å². The summed E-state index contributed by atoms with van der Waals surface area (Å²) >= 11 is 0. The summed E-state index contributed by atoms with van der Waals surface area (Å²) in [4.78, 5) is 11.2. The summed E-state index contributed by atoms with van der Waals surface area (Å²) in [6.45, 7) is 0. The number of ether oxygens (including phenoxy) is 1. The molecule has 1 aromatic carbocycles. The average Bonchev–Trinajstić information content (AvgIpc) is 2.76. The lowest BCUT2D eigenvalue weighted by Crippen LogP contribution is -2.13. The maximum atomic E-state index is 13.9. The van der Waals surface area contributed by atoms with E-state index < -0.39 is 46.1 Å². The van der Waals surface area contributed by atoms with E-state index in [1.807, 2.05) is 0 Å². The minimum absolute atomic E-state index is 0.0293. The van der Waals surface area contributed by atoms with E-state index in [4.69, 9.17) is 5.73 Å². The third-order valence-electron chi connectivity index (χ3n) is 2.83. The van der Waals surface area contributed by atoms with E-state index in [0.717, 1.165) is 17.9 Å². The molecule has 0 radical (unpaired) electrons. The van der Waals surface area contributed by atoms with Crippen LogP contribution in [0.25, 0.3) is 11.3 Å². The van der Waals surface area contributed by atoms with E-state index in [9.17, 15) is 22.4 Å². The summed E-state index contributed by atoms with van der Waals surface area (Å²) in [6.07, 6.45) is 0. The molecule has 1 aromatic heterocycles. The number of rotatable bonds is 2. The largest absolute Gasteiger partial charge is 0.465 e. The molecule has 112 valence electrons. The molecule has 0 spiro atoms. The van der Waals surface area contributed by atoms with E-state index in [1.165, 1.54) is 7.05 Å². The minimum atomic E-state index is -1.86. The average molecular weight is 303 g/mol. The highest BCUT2D eigenvalue weighted by Gasteiger charge is 2.31. The molecule has 0 fully saturated rings. The molecule has 0 aliphatic carbocycles. The zero-order chi connectivity index (χ0) is 15.9. The fourth-order valence-electron chi connectivity index (χ4n) is 1.74. The molecule has 0 aliphatic rings. The number of carbonyl (C=O) groups is 1. The molecule has 2 rings (SSSR count). The first-order valence-corrected chi connectivity index (χ1v) is 5.53. The molecule has 0 saturated heterocycles. The molecule has 2 aromatic rings. The van der Waals surface area contributed by atoms with Crippen LogP contribution in [0.2, 0.25) is 0 Å². The normalized spacial score (nSPS) is 10.8. The first-order chi connectivity index (χ1) is 9.79. The van der Waals surface area contributed by atoms with Crippen LogP contribution in [-0.4, -0.2) is 22.9 Å². The number of nitrogen functional groups attached to an aromatic ring is 1. The molecule has 0 unspecified atom stereocenters. The van der Waals surface area contributed by atoms with Gasteiger partial charge in [0.25, 0.3) is 0 Å². The Kier molecular flexibility index (Phi) is 3.58. The zero-order valence-electron chi connectivity index (χ0n) is 10.9. The summed E-state index contributed by atoms with van der Waals surface area (Å²) in [5, 5.41) is 3.64. The number of carbonyl (C=O) groups excluding carboxylic acids is 1. The lowest BCUT2D eigenvalue weighted by atomic mass is 10.1. The van der Waals surface area contributed by atoms with E-state index in [0.29, 0.717) is 0 Å². The Hall–Kier alpha value is -2.58. The van der Waals surface area contributed by atoms with Crippen molar-refractivity contribution in [3.63, 3.8) is 0 Å². The number of nitrogens with zero attached hydrogens (tertiary/aromatic N) is 2. The molecule has 2 N–H and O–H groups in total. The highest BCUT2D eigenvalue weighted by molar-refractivity contribution is 5.91. The van der Waals surface area contributed by atoms with Crippen molar-refractivity contribution >= 4 is 11.8 Å². The first kappa shape index (κ1) is 14.8. The van der Waals surface area contributed by atoms with Crippen molar-refractivity contribution in [2.45, 2.75) is 0 Å². The van der Waals surface area contributed by atoms with Gasteiger partial charge in [-0.15, -0.1) is 0 Å². The number of nitrogens with two attached hydrogens (primary N) is 1. The summed E-state index contributed by atoms with van der Waals surface area (Å²) in [7, 11) is 2.20. The van der Waals surface area contributed by atoms with E-state index in [2.05, 4.69) is 9.84 Å². The predicted molar refractivity (Wildman–Crippen MR) is 64.2 cm³/mol. The minimum Gasteiger partial charge on any atom is -0.465 e. The second-order valence-corrected chi connectivity index (χ2v) is 4.08. The molecule has 5 nitrogen and oxygen atoms in total. The van der Waals surface area contributed by atoms with Crippen LogP contribution in [0.3, 0.4) is 0 Å². The lowest BCUT2D eigenvalue weighted by molar-refractivity contribution is 0.0587. The van der Waals surface area contributed by atoms with Crippen molar-refractivity contribution < 1.29 is 27.1 Å². The first-order valence-electron chi connectivity index (χ1n) is 5.53. The van der Waals surface area contributed by atoms with Crippen LogP contribution in [0.5, 0.6) is 0 Å². The number of esters is 1. The third-order valence-corrected chi connectivity index (χ3v) is 2.83. The quantitative estimate of drug-likeness (QED) is 0.523. The van der Waals surface area contributed by atoms with Gasteiger partial charge in [-0.1, -0.05) is 0 Å². The molecule has 1 heterocycles. The van der Waals surface area contributed by atoms with Crippen molar-refractivity contribution in [2.24, 2.45) is 7.05 Å². The van der Waals surface area contributed by atoms with Crippen molar-refractivity contribution in [1.29, 1.82) is 0 Å². The standard InChI is InChI=1S/C12H9F4N3O2/c1-19-5(17)3-4(18-19)6-8(13)10(15)7(12(20)21-2)11(16)9(6)14/h3H,17H2,1-2H3. The van der Waals surface area contributed by atoms with Crippen molar-refractivity contribution in [3.8, 4) is 11.3 Å². The molecule has 0 atom stereocenters. The van der Waals surface area contributed by atoms with Gasteiger partial charge in [0.15, 0.2) is 23.3 Å². The number of aromatic nitrogens is 2. The summed E-state index contributed by atoms with van der Waals surface area (Å²) < 4.78 is 60.6. The monoisotopic (exact) mass is 303 g/mol. The fraction of sp³-hybridized carbons (Fsp3) is 0.167. The van der Waals surface area contributed by atoms with Gasteiger partial charge >= 0.3 is 5.97 Å². The van der Waals surface area contributed by atoms with Crippen molar-refractivity contribution in [3.05, 3.63) is 34.9 Å². The molecular formula is C12H9F4N3O2. The highest BCUT2D eigenvalue weighted by Crippen LogP contribution is 2.32. The van der Waals surface area contributed by atoms with Crippen LogP contribution in [0.1, 0.15) is 10.4 Å². The predicted octanol–water partition coefficient (Wildman–Crippen LogP) is 2.01. The van der Waals surface area contributed by atoms with Gasteiger partial charge in [0.1, 0.15) is 17.1 Å². The number of halogens is 4. The van der Waals surface area contributed by atoms with Gasteiger partial charge in [0.2, 0.25) is 0 Å². The van der Waals surface area contributed by atoms with E-state index in [1.54, 1.807) is 0 Å². The van der Waals surface area contributed by atoms with Crippen molar-refractivity contribution in [1.82, 2.24) is 9.78 Å². The summed E-state index contributed by atoms with van der Waals surface area (Å²) in [6, 6.07) is 1.04. The number of anilines is 1. The molecule has 0 bridgehead atoms. The van der Waals surface area contributed by atoms with E-state index in [-0.39, 0.29) is 5.82 Å². The summed E-state index contributed by atoms with van der Waals surface area (Å²) in [5.74, 6) is -8.74. The van der Waals surface area contributed by atoms with Gasteiger partial charge in [-0.05, 0) is 0 Å². The van der Waals surface area contributed by atoms with Crippen LogP contribution in [-0.2, 0) is 11.8 Å². The topological polar surface area (TPSA) is 70.1 Å². The number of hydrogen-bond donors (Lipinski definition) is 1. The molecule has 9 heteroatoms.